The van der Waals surface area contributed by atoms with Crippen LogP contribution in [-0.4, -0.2) is 6.04 Å². The molecule has 0 fully saturated rings. The largest absolute Gasteiger partial charge is 0.399 e. The lowest BCUT2D eigenvalue weighted by Gasteiger charge is -2.08. The van der Waals surface area contributed by atoms with E-state index in [4.69, 9.17) is 11.5 Å². The molecule has 2 nitrogen and oxygen atoms in total. The maximum absolute atomic E-state index is 5.78. The van der Waals surface area contributed by atoms with Gasteiger partial charge >= 0.3 is 0 Å². The summed E-state index contributed by atoms with van der Waals surface area (Å²) in [6.07, 6.45) is 0.855. The molecule has 1 aromatic rings. The molecular weight excluding hydrogens is 148 g/mol. The Balaban J connectivity index is 2.90. The van der Waals surface area contributed by atoms with Crippen molar-refractivity contribution in [1.82, 2.24) is 0 Å². The molecule has 0 aliphatic carbocycles. The average molecular weight is 164 g/mol. The third-order valence-electron chi connectivity index (χ3n) is 1.84. The van der Waals surface area contributed by atoms with E-state index in [9.17, 15) is 0 Å². The summed E-state index contributed by atoms with van der Waals surface area (Å²) < 4.78 is 0. The van der Waals surface area contributed by atoms with Gasteiger partial charge in [0, 0.05) is 11.7 Å². The Bertz CT molecular complexity index is 267. The molecule has 0 aromatic heterocycles. The minimum Gasteiger partial charge on any atom is -0.399 e. The van der Waals surface area contributed by atoms with Crippen LogP contribution in [0.1, 0.15) is 18.1 Å². The van der Waals surface area contributed by atoms with Gasteiger partial charge in [0.25, 0.3) is 0 Å². The molecule has 0 spiro atoms. The lowest BCUT2D eigenvalue weighted by Crippen LogP contribution is -2.18. The van der Waals surface area contributed by atoms with Crippen LogP contribution in [0, 0.1) is 6.92 Å². The number of nitrogens with two attached hydrogens (primary N) is 2. The Labute approximate surface area is 73.6 Å². The first-order valence-corrected chi connectivity index (χ1v) is 4.20. The highest BCUT2D eigenvalue weighted by molar-refractivity contribution is 5.48. The van der Waals surface area contributed by atoms with Crippen LogP contribution < -0.4 is 11.5 Å². The molecule has 0 saturated carbocycles. The summed E-state index contributed by atoms with van der Waals surface area (Å²) in [5.74, 6) is 0. The third-order valence-corrected chi connectivity index (χ3v) is 1.84. The van der Waals surface area contributed by atoms with Crippen molar-refractivity contribution in [2.45, 2.75) is 26.3 Å². The Hall–Kier alpha value is -1.02. The Morgan fingerprint density at radius 2 is 2.08 bits per heavy atom. The summed E-state index contributed by atoms with van der Waals surface area (Å²) in [7, 11) is 0. The van der Waals surface area contributed by atoms with Gasteiger partial charge in [-0.15, -0.1) is 0 Å². The molecule has 4 N–H and O–H groups in total. The second-order valence-corrected chi connectivity index (χ2v) is 3.38. The molecule has 2 heteroatoms. The topological polar surface area (TPSA) is 52.0 Å². The van der Waals surface area contributed by atoms with Crippen molar-refractivity contribution in [2.75, 3.05) is 5.73 Å². The molecule has 0 unspecified atom stereocenters. The maximum atomic E-state index is 5.78. The van der Waals surface area contributed by atoms with Crippen molar-refractivity contribution in [3.05, 3.63) is 29.3 Å². The van der Waals surface area contributed by atoms with E-state index in [-0.39, 0.29) is 6.04 Å². The molecule has 0 saturated heterocycles. The molecule has 0 heterocycles. The zero-order valence-electron chi connectivity index (χ0n) is 7.67. The fraction of sp³-hybridized carbons (Fsp3) is 0.400. The molecule has 0 bridgehead atoms. The summed E-state index contributed by atoms with van der Waals surface area (Å²) in [5, 5.41) is 0. The van der Waals surface area contributed by atoms with Crippen molar-refractivity contribution in [1.29, 1.82) is 0 Å². The first-order chi connectivity index (χ1) is 5.59. The molecule has 66 valence electrons. The van der Waals surface area contributed by atoms with E-state index in [1.807, 2.05) is 19.1 Å². The summed E-state index contributed by atoms with van der Waals surface area (Å²) in [4.78, 5) is 0. The van der Waals surface area contributed by atoms with E-state index in [1.54, 1.807) is 0 Å². The predicted octanol–water partition coefficient (Wildman–Crippen LogP) is 1.47. The predicted molar refractivity (Wildman–Crippen MR) is 52.9 cm³/mol. The number of rotatable bonds is 2. The fourth-order valence-corrected chi connectivity index (χ4v) is 1.26. The normalized spacial score (nSPS) is 12.9. The van der Waals surface area contributed by atoms with Gasteiger partial charge in [0.05, 0.1) is 0 Å². The number of aryl methyl sites for hydroxylation is 1. The van der Waals surface area contributed by atoms with Gasteiger partial charge in [-0.05, 0) is 31.9 Å². The van der Waals surface area contributed by atoms with Gasteiger partial charge in [-0.2, -0.15) is 0 Å². The SMILES string of the molecule is Cc1ccc(N)c(C[C@H](C)N)c1. The van der Waals surface area contributed by atoms with E-state index in [2.05, 4.69) is 13.0 Å². The number of hydrogen-bond donors (Lipinski definition) is 2. The first kappa shape index (κ1) is 9.07. The van der Waals surface area contributed by atoms with Crippen LogP contribution >= 0.6 is 0 Å². The highest BCUT2D eigenvalue weighted by Gasteiger charge is 2.01. The number of anilines is 1. The minimum absolute atomic E-state index is 0.175. The zero-order valence-corrected chi connectivity index (χ0v) is 7.67. The van der Waals surface area contributed by atoms with Crippen LogP contribution in [0.3, 0.4) is 0 Å². The summed E-state index contributed by atoms with van der Waals surface area (Å²) in [6, 6.07) is 6.22. The Morgan fingerprint density at radius 1 is 1.42 bits per heavy atom. The first-order valence-electron chi connectivity index (χ1n) is 4.20. The third kappa shape index (κ3) is 2.24. The summed E-state index contributed by atoms with van der Waals surface area (Å²) >= 11 is 0. The quantitative estimate of drug-likeness (QED) is 0.650. The smallest absolute Gasteiger partial charge is 0.0347 e. The highest BCUT2D eigenvalue weighted by atomic mass is 14.6. The van der Waals surface area contributed by atoms with Gasteiger partial charge in [-0.1, -0.05) is 17.7 Å². The van der Waals surface area contributed by atoms with Crippen LogP contribution in [0.5, 0.6) is 0 Å². The summed E-state index contributed by atoms with van der Waals surface area (Å²) in [5.41, 5.74) is 14.7. The fourth-order valence-electron chi connectivity index (χ4n) is 1.26. The monoisotopic (exact) mass is 164 g/mol. The van der Waals surface area contributed by atoms with Gasteiger partial charge in [-0.25, -0.2) is 0 Å². The Morgan fingerprint density at radius 3 is 2.67 bits per heavy atom. The van der Waals surface area contributed by atoms with Crippen LogP contribution in [0.2, 0.25) is 0 Å². The second kappa shape index (κ2) is 3.59. The molecular formula is C10H16N2. The van der Waals surface area contributed by atoms with Gasteiger partial charge in [0.2, 0.25) is 0 Å². The standard InChI is InChI=1S/C10H16N2/c1-7-3-4-10(12)9(5-7)6-8(2)11/h3-5,8H,6,11-12H2,1-2H3/t8-/m0/s1. The second-order valence-electron chi connectivity index (χ2n) is 3.38. The van der Waals surface area contributed by atoms with E-state index in [0.29, 0.717) is 0 Å². The van der Waals surface area contributed by atoms with E-state index in [1.165, 1.54) is 5.56 Å². The molecule has 0 aliphatic rings. The Kier molecular flexibility index (Phi) is 2.71. The molecule has 0 amide bonds. The molecule has 0 radical (unpaired) electrons. The lowest BCUT2D eigenvalue weighted by molar-refractivity contribution is 0.739. The van der Waals surface area contributed by atoms with Crippen molar-refractivity contribution in [2.24, 2.45) is 5.73 Å². The van der Waals surface area contributed by atoms with Crippen molar-refractivity contribution in [3.63, 3.8) is 0 Å². The van der Waals surface area contributed by atoms with Crippen LogP contribution in [0.25, 0.3) is 0 Å². The van der Waals surface area contributed by atoms with Crippen LogP contribution in [0.4, 0.5) is 5.69 Å². The highest BCUT2D eigenvalue weighted by Crippen LogP contribution is 2.14. The van der Waals surface area contributed by atoms with Gasteiger partial charge in [0.15, 0.2) is 0 Å². The molecule has 1 rings (SSSR count). The van der Waals surface area contributed by atoms with Crippen LogP contribution in [0.15, 0.2) is 18.2 Å². The molecule has 0 aliphatic heterocycles. The van der Waals surface area contributed by atoms with E-state index < -0.39 is 0 Å². The molecule has 1 atom stereocenters. The van der Waals surface area contributed by atoms with Crippen molar-refractivity contribution < 1.29 is 0 Å². The summed E-state index contributed by atoms with van der Waals surface area (Å²) in [6.45, 7) is 4.05. The number of nitrogen functional groups attached to an aromatic ring is 1. The van der Waals surface area contributed by atoms with Gasteiger partial charge in [-0.3, -0.25) is 0 Å². The van der Waals surface area contributed by atoms with Gasteiger partial charge in [0.1, 0.15) is 0 Å². The van der Waals surface area contributed by atoms with Crippen molar-refractivity contribution >= 4 is 5.69 Å². The lowest BCUT2D eigenvalue weighted by atomic mass is 10.0. The zero-order chi connectivity index (χ0) is 9.14. The van der Waals surface area contributed by atoms with Gasteiger partial charge < -0.3 is 11.5 Å². The molecule has 1 aromatic carbocycles. The number of benzene rings is 1. The van der Waals surface area contributed by atoms with E-state index in [0.717, 1.165) is 17.7 Å². The number of hydrogen-bond acceptors (Lipinski definition) is 2. The minimum atomic E-state index is 0.175. The molecule has 12 heavy (non-hydrogen) atoms. The van der Waals surface area contributed by atoms with Crippen LogP contribution in [-0.2, 0) is 6.42 Å². The van der Waals surface area contributed by atoms with E-state index >= 15 is 0 Å². The maximum Gasteiger partial charge on any atom is 0.0347 e. The van der Waals surface area contributed by atoms with Crippen molar-refractivity contribution in [3.8, 4) is 0 Å². The average Bonchev–Trinajstić information content (AvgIpc) is 1.96.